The van der Waals surface area contributed by atoms with Crippen LogP contribution in [0.15, 0.2) is 36.5 Å². The molecule has 1 saturated carbocycles. The summed E-state index contributed by atoms with van der Waals surface area (Å²) in [6.07, 6.45) is 11.8. The Balaban J connectivity index is 1.57. The molecule has 0 spiro atoms. The molecule has 25 heavy (non-hydrogen) atoms. The summed E-state index contributed by atoms with van der Waals surface area (Å²) in [5.74, 6) is 0.976. The molecule has 3 rings (SSSR count). The highest BCUT2D eigenvalue weighted by Gasteiger charge is 2.18. The van der Waals surface area contributed by atoms with E-state index in [4.69, 9.17) is 12.2 Å². The number of nitrogens with one attached hydrogen (secondary N) is 2. The van der Waals surface area contributed by atoms with E-state index in [-0.39, 0.29) is 0 Å². The first kappa shape index (κ1) is 17.9. The highest BCUT2D eigenvalue weighted by atomic mass is 32.1. The van der Waals surface area contributed by atoms with Crippen molar-refractivity contribution in [2.45, 2.75) is 64.3 Å². The summed E-state index contributed by atoms with van der Waals surface area (Å²) in [5.41, 5.74) is 2.39. The van der Waals surface area contributed by atoms with Crippen molar-refractivity contribution < 1.29 is 0 Å². The molecular weight excluding hydrogens is 328 g/mol. The van der Waals surface area contributed by atoms with E-state index in [1.54, 1.807) is 0 Å². The van der Waals surface area contributed by atoms with E-state index in [0.29, 0.717) is 11.2 Å². The lowest BCUT2D eigenvalue weighted by Crippen LogP contribution is -2.23. The largest absolute Gasteiger partial charge is 0.332 e. The Morgan fingerprint density at radius 2 is 1.88 bits per heavy atom. The minimum Gasteiger partial charge on any atom is -0.332 e. The lowest BCUT2D eigenvalue weighted by atomic mass is 9.96. The molecule has 0 saturated heterocycles. The van der Waals surface area contributed by atoms with Crippen molar-refractivity contribution >= 4 is 28.8 Å². The van der Waals surface area contributed by atoms with Gasteiger partial charge in [-0.25, -0.2) is 4.68 Å². The molecule has 134 valence electrons. The van der Waals surface area contributed by atoms with Crippen molar-refractivity contribution in [3.05, 3.63) is 42.1 Å². The Hall–Kier alpha value is -1.88. The molecule has 1 heterocycles. The summed E-state index contributed by atoms with van der Waals surface area (Å²) < 4.78 is 2.10. The maximum Gasteiger partial charge on any atom is 0.176 e. The molecule has 1 aromatic heterocycles. The van der Waals surface area contributed by atoms with Crippen LogP contribution in [0.5, 0.6) is 0 Å². The third-order valence-corrected chi connectivity index (χ3v) is 5.07. The first-order chi connectivity index (χ1) is 12.3. The number of benzene rings is 1. The number of anilines is 2. The van der Waals surface area contributed by atoms with Crippen LogP contribution in [0, 0.1) is 0 Å². The fourth-order valence-electron chi connectivity index (χ4n) is 3.44. The number of nitrogens with zero attached hydrogens (tertiary/aromatic N) is 2. The molecule has 1 aliphatic carbocycles. The molecule has 1 aromatic carbocycles. The van der Waals surface area contributed by atoms with Crippen LogP contribution in [-0.4, -0.2) is 14.9 Å². The van der Waals surface area contributed by atoms with Crippen molar-refractivity contribution in [2.24, 2.45) is 0 Å². The first-order valence-corrected chi connectivity index (χ1v) is 9.87. The number of rotatable bonds is 6. The van der Waals surface area contributed by atoms with Crippen LogP contribution in [0.3, 0.4) is 0 Å². The molecule has 2 aromatic rings. The fraction of sp³-hybridized carbons (Fsp3) is 0.500. The first-order valence-electron chi connectivity index (χ1n) is 9.46. The van der Waals surface area contributed by atoms with E-state index in [1.165, 1.54) is 50.5 Å². The Morgan fingerprint density at radius 1 is 1.12 bits per heavy atom. The van der Waals surface area contributed by atoms with Crippen LogP contribution in [0.1, 0.15) is 63.5 Å². The minimum absolute atomic E-state index is 0.492. The van der Waals surface area contributed by atoms with Gasteiger partial charge in [0, 0.05) is 11.8 Å². The molecule has 0 aliphatic heterocycles. The molecule has 0 radical (unpaired) electrons. The van der Waals surface area contributed by atoms with Crippen LogP contribution in [0.25, 0.3) is 0 Å². The highest BCUT2D eigenvalue weighted by Crippen LogP contribution is 2.29. The van der Waals surface area contributed by atoms with E-state index >= 15 is 0 Å². The highest BCUT2D eigenvalue weighted by molar-refractivity contribution is 7.80. The summed E-state index contributed by atoms with van der Waals surface area (Å²) in [4.78, 5) is 0. The lowest BCUT2D eigenvalue weighted by Gasteiger charge is -2.24. The standard InChI is InChI=1S/C20H28N4S/c1-2-3-7-16-10-12-17(13-11-16)22-20(25)23-19-14-15-21-24(19)18-8-5-4-6-9-18/h10-15,18H,2-9H2,1H3,(H2,22,23,25). The maximum absolute atomic E-state index is 5.48. The monoisotopic (exact) mass is 356 g/mol. The van der Waals surface area contributed by atoms with E-state index in [0.717, 1.165) is 17.9 Å². The summed E-state index contributed by atoms with van der Waals surface area (Å²) in [6, 6.07) is 11.0. The van der Waals surface area contributed by atoms with Gasteiger partial charge in [-0.05, 0) is 55.6 Å². The summed E-state index contributed by atoms with van der Waals surface area (Å²) in [6.45, 7) is 2.22. The van der Waals surface area contributed by atoms with Crippen LogP contribution in [0.4, 0.5) is 11.5 Å². The predicted octanol–water partition coefficient (Wildman–Crippen LogP) is 5.54. The molecule has 1 aliphatic rings. The Morgan fingerprint density at radius 3 is 2.60 bits per heavy atom. The predicted molar refractivity (Wildman–Crippen MR) is 109 cm³/mol. The number of thiocarbonyl (C=S) groups is 1. The van der Waals surface area contributed by atoms with Gasteiger partial charge in [-0.2, -0.15) is 5.10 Å². The normalized spacial score (nSPS) is 15.1. The number of hydrogen-bond donors (Lipinski definition) is 2. The number of aryl methyl sites for hydroxylation is 1. The van der Waals surface area contributed by atoms with Gasteiger partial charge in [0.05, 0.1) is 12.2 Å². The molecule has 5 heteroatoms. The van der Waals surface area contributed by atoms with Gasteiger partial charge in [0.1, 0.15) is 5.82 Å². The SMILES string of the molecule is CCCCc1ccc(NC(=S)Nc2ccnn2C2CCCCC2)cc1. The molecule has 4 nitrogen and oxygen atoms in total. The molecule has 0 amide bonds. The Labute approximate surface area is 156 Å². The second-order valence-electron chi connectivity index (χ2n) is 6.83. The molecule has 0 bridgehead atoms. The van der Waals surface area contributed by atoms with E-state index in [2.05, 4.69) is 51.6 Å². The third-order valence-electron chi connectivity index (χ3n) is 4.86. The van der Waals surface area contributed by atoms with Crippen molar-refractivity contribution in [3.63, 3.8) is 0 Å². The van der Waals surface area contributed by atoms with Crippen molar-refractivity contribution in [2.75, 3.05) is 10.6 Å². The van der Waals surface area contributed by atoms with Gasteiger partial charge in [0.15, 0.2) is 5.11 Å². The van der Waals surface area contributed by atoms with Gasteiger partial charge in [-0.15, -0.1) is 0 Å². The summed E-state index contributed by atoms with van der Waals surface area (Å²) >= 11 is 5.48. The Kier molecular flexibility index (Phi) is 6.45. The van der Waals surface area contributed by atoms with Crippen LogP contribution in [0.2, 0.25) is 0 Å². The van der Waals surface area contributed by atoms with Gasteiger partial charge in [0.2, 0.25) is 0 Å². The molecular formula is C20H28N4S. The smallest absolute Gasteiger partial charge is 0.176 e. The van der Waals surface area contributed by atoms with E-state index in [1.807, 2.05) is 12.3 Å². The minimum atomic E-state index is 0.492. The number of aromatic nitrogens is 2. The molecule has 0 unspecified atom stereocenters. The van der Waals surface area contributed by atoms with Crippen LogP contribution >= 0.6 is 12.2 Å². The van der Waals surface area contributed by atoms with Gasteiger partial charge in [0.25, 0.3) is 0 Å². The van der Waals surface area contributed by atoms with Crippen LogP contribution in [-0.2, 0) is 6.42 Å². The van der Waals surface area contributed by atoms with Crippen molar-refractivity contribution in [1.29, 1.82) is 0 Å². The van der Waals surface area contributed by atoms with Gasteiger partial charge < -0.3 is 10.6 Å². The van der Waals surface area contributed by atoms with Gasteiger partial charge in [-0.1, -0.05) is 44.7 Å². The average Bonchev–Trinajstić information content (AvgIpc) is 3.10. The molecule has 2 N–H and O–H groups in total. The van der Waals surface area contributed by atoms with Gasteiger partial charge in [-0.3, -0.25) is 0 Å². The average molecular weight is 357 g/mol. The van der Waals surface area contributed by atoms with Crippen LogP contribution < -0.4 is 10.6 Å². The topological polar surface area (TPSA) is 41.9 Å². The fourth-order valence-corrected chi connectivity index (χ4v) is 3.67. The van der Waals surface area contributed by atoms with Crippen molar-refractivity contribution in [1.82, 2.24) is 9.78 Å². The zero-order valence-corrected chi connectivity index (χ0v) is 15.8. The zero-order chi connectivity index (χ0) is 17.5. The van der Waals surface area contributed by atoms with Gasteiger partial charge >= 0.3 is 0 Å². The third kappa shape index (κ3) is 5.05. The quantitative estimate of drug-likeness (QED) is 0.667. The molecule has 1 fully saturated rings. The zero-order valence-electron chi connectivity index (χ0n) is 15.0. The second kappa shape index (κ2) is 8.99. The van der Waals surface area contributed by atoms with Crippen molar-refractivity contribution in [3.8, 4) is 0 Å². The number of hydrogen-bond acceptors (Lipinski definition) is 2. The number of unbranched alkanes of at least 4 members (excludes halogenated alkanes) is 1. The summed E-state index contributed by atoms with van der Waals surface area (Å²) in [7, 11) is 0. The van der Waals surface area contributed by atoms with E-state index < -0.39 is 0 Å². The van der Waals surface area contributed by atoms with E-state index in [9.17, 15) is 0 Å². The molecule has 0 atom stereocenters. The lowest BCUT2D eigenvalue weighted by molar-refractivity contribution is 0.333. The maximum atomic E-state index is 5.48. The Bertz CT molecular complexity index is 671. The summed E-state index contributed by atoms with van der Waals surface area (Å²) in [5, 5.41) is 11.7. The second-order valence-corrected chi connectivity index (χ2v) is 7.24.